The average Bonchev–Trinajstić information content (AvgIpc) is 2.28. The summed E-state index contributed by atoms with van der Waals surface area (Å²) in [7, 11) is 7.73. The molecule has 1 unspecified atom stereocenters. The molecule has 1 N–H and O–H groups in total. The highest BCUT2D eigenvalue weighted by Crippen LogP contribution is 2.31. The second-order valence-corrected chi connectivity index (χ2v) is 4.54. The largest absolute Gasteiger partial charge is 0.425 e. The lowest BCUT2D eigenvalue weighted by Gasteiger charge is -2.23. The van der Waals surface area contributed by atoms with Crippen LogP contribution < -0.4 is 14.5 Å². The van der Waals surface area contributed by atoms with Gasteiger partial charge in [-0.2, -0.15) is 0 Å². The molecule has 0 saturated heterocycles. The number of nitrogens with zero attached hydrogens (tertiary/aromatic N) is 2. The monoisotopic (exact) mass is 252 g/mol. The molecule has 0 aromatic heterocycles. The molecule has 1 aromatic rings. The Morgan fingerprint density at radius 2 is 1.72 bits per heavy atom. The topological polar surface area (TPSA) is 53.0 Å². The molecule has 0 spiro atoms. The van der Waals surface area contributed by atoms with Gasteiger partial charge in [-0.15, -0.1) is 0 Å². The van der Waals surface area contributed by atoms with E-state index in [1.807, 2.05) is 44.1 Å². The van der Waals surface area contributed by atoms with Crippen LogP contribution in [0.4, 0.5) is 11.4 Å². The minimum atomic E-state index is -1.12. The lowest BCUT2D eigenvalue weighted by molar-refractivity contribution is -0.142. The summed E-state index contributed by atoms with van der Waals surface area (Å²) in [4.78, 5) is 15.2. The van der Waals surface area contributed by atoms with Crippen molar-refractivity contribution < 1.29 is 14.6 Å². The van der Waals surface area contributed by atoms with Crippen LogP contribution in [0.5, 0.6) is 5.75 Å². The molecule has 5 nitrogen and oxygen atoms in total. The summed E-state index contributed by atoms with van der Waals surface area (Å²) in [5.41, 5.74) is 1.97. The molecular weight excluding hydrogens is 232 g/mol. The van der Waals surface area contributed by atoms with Crippen molar-refractivity contribution in [2.24, 2.45) is 0 Å². The van der Waals surface area contributed by atoms with Gasteiger partial charge in [-0.1, -0.05) is 0 Å². The first kappa shape index (κ1) is 14.3. The molecule has 0 aliphatic heterocycles. The van der Waals surface area contributed by atoms with Gasteiger partial charge in [-0.3, -0.25) is 0 Å². The van der Waals surface area contributed by atoms with Crippen molar-refractivity contribution in [2.75, 3.05) is 38.0 Å². The third kappa shape index (κ3) is 3.37. The van der Waals surface area contributed by atoms with Crippen LogP contribution in [0.15, 0.2) is 18.2 Å². The number of esters is 1. The van der Waals surface area contributed by atoms with Crippen molar-refractivity contribution in [3.05, 3.63) is 18.2 Å². The third-order valence-electron chi connectivity index (χ3n) is 2.47. The molecule has 0 fully saturated rings. The molecule has 1 atom stereocenters. The summed E-state index contributed by atoms with van der Waals surface area (Å²) in [6, 6.07) is 5.36. The van der Waals surface area contributed by atoms with Gasteiger partial charge in [-0.25, -0.2) is 4.79 Å². The fourth-order valence-corrected chi connectivity index (χ4v) is 1.50. The number of rotatable bonds is 4. The number of aliphatic hydroxyl groups excluding tert-OH is 1. The molecule has 0 saturated carbocycles. The number of hydrogen-bond donors (Lipinski definition) is 1. The van der Waals surface area contributed by atoms with E-state index in [-0.39, 0.29) is 0 Å². The summed E-state index contributed by atoms with van der Waals surface area (Å²) < 4.78 is 5.07. The zero-order valence-electron chi connectivity index (χ0n) is 11.5. The van der Waals surface area contributed by atoms with Crippen LogP contribution in [0, 0.1) is 0 Å². The lowest BCUT2D eigenvalue weighted by Crippen LogP contribution is -2.22. The van der Waals surface area contributed by atoms with Crippen molar-refractivity contribution in [2.45, 2.75) is 13.0 Å². The van der Waals surface area contributed by atoms with Crippen molar-refractivity contribution in [3.63, 3.8) is 0 Å². The predicted octanol–water partition coefficient (Wildman–Crippen LogP) is 1.10. The molecule has 0 aliphatic carbocycles. The van der Waals surface area contributed by atoms with Gasteiger partial charge in [0.25, 0.3) is 0 Å². The second kappa shape index (κ2) is 5.73. The number of hydrogen-bond acceptors (Lipinski definition) is 5. The number of carbonyl (C=O) groups excluding carboxylic acids is 1. The van der Waals surface area contributed by atoms with E-state index < -0.39 is 12.1 Å². The Balaban J connectivity index is 3.04. The van der Waals surface area contributed by atoms with Crippen LogP contribution in [0.25, 0.3) is 0 Å². The zero-order valence-corrected chi connectivity index (χ0v) is 11.5. The summed E-state index contributed by atoms with van der Waals surface area (Å²) in [6.07, 6.45) is -1.12. The normalized spacial score (nSPS) is 11.9. The van der Waals surface area contributed by atoms with E-state index in [1.54, 1.807) is 12.1 Å². The molecule has 0 bridgehead atoms. The maximum atomic E-state index is 11.3. The van der Waals surface area contributed by atoms with E-state index in [0.717, 1.165) is 11.4 Å². The van der Waals surface area contributed by atoms with Gasteiger partial charge in [-0.05, 0) is 19.1 Å². The fraction of sp³-hybridized carbons (Fsp3) is 0.462. The van der Waals surface area contributed by atoms with Gasteiger partial charge in [0.15, 0.2) is 0 Å². The Morgan fingerprint density at radius 1 is 1.17 bits per heavy atom. The van der Waals surface area contributed by atoms with Crippen LogP contribution in [-0.4, -0.2) is 45.4 Å². The maximum Gasteiger partial charge on any atom is 0.340 e. The fourth-order valence-electron chi connectivity index (χ4n) is 1.50. The Bertz CT molecular complexity index is 428. The van der Waals surface area contributed by atoms with E-state index in [9.17, 15) is 4.79 Å². The lowest BCUT2D eigenvalue weighted by atomic mass is 10.2. The second-order valence-electron chi connectivity index (χ2n) is 4.54. The van der Waals surface area contributed by atoms with E-state index in [2.05, 4.69) is 0 Å². The SMILES string of the molecule is CC(O)C(=O)Oc1ccc(N(C)C)c(N(C)C)c1. The van der Waals surface area contributed by atoms with Crippen LogP contribution in [0.2, 0.25) is 0 Å². The van der Waals surface area contributed by atoms with E-state index in [4.69, 9.17) is 9.84 Å². The summed E-state index contributed by atoms with van der Waals surface area (Å²) in [5.74, 6) is -0.229. The Labute approximate surface area is 108 Å². The predicted molar refractivity (Wildman–Crippen MR) is 72.4 cm³/mol. The number of carbonyl (C=O) groups is 1. The highest BCUT2D eigenvalue weighted by molar-refractivity contribution is 5.78. The van der Waals surface area contributed by atoms with Gasteiger partial charge in [0.05, 0.1) is 11.4 Å². The summed E-state index contributed by atoms with van der Waals surface area (Å²) in [6.45, 7) is 1.38. The molecular formula is C13H20N2O3. The van der Waals surface area contributed by atoms with Crippen LogP contribution in [0.3, 0.4) is 0 Å². The standard InChI is InChI=1S/C13H20N2O3/c1-9(16)13(17)18-10-6-7-11(14(2)3)12(8-10)15(4)5/h6-9,16H,1-5H3. The van der Waals surface area contributed by atoms with E-state index in [0.29, 0.717) is 5.75 Å². The highest BCUT2D eigenvalue weighted by atomic mass is 16.5. The Morgan fingerprint density at radius 3 is 2.17 bits per heavy atom. The van der Waals surface area contributed by atoms with Gasteiger partial charge in [0, 0.05) is 34.3 Å². The molecule has 0 radical (unpaired) electrons. The first-order chi connectivity index (χ1) is 8.32. The number of ether oxygens (including phenoxy) is 1. The molecule has 0 heterocycles. The third-order valence-corrected chi connectivity index (χ3v) is 2.47. The molecule has 1 aromatic carbocycles. The first-order valence-corrected chi connectivity index (χ1v) is 5.71. The van der Waals surface area contributed by atoms with Crippen molar-refractivity contribution in [1.82, 2.24) is 0 Å². The molecule has 18 heavy (non-hydrogen) atoms. The molecule has 1 rings (SSSR count). The number of benzene rings is 1. The maximum absolute atomic E-state index is 11.3. The molecule has 5 heteroatoms. The number of anilines is 2. The highest BCUT2D eigenvalue weighted by Gasteiger charge is 2.14. The van der Waals surface area contributed by atoms with Crippen molar-refractivity contribution in [3.8, 4) is 5.75 Å². The Hall–Kier alpha value is -1.75. The van der Waals surface area contributed by atoms with E-state index in [1.165, 1.54) is 6.92 Å². The zero-order chi connectivity index (χ0) is 13.9. The molecule has 0 amide bonds. The first-order valence-electron chi connectivity index (χ1n) is 5.71. The minimum Gasteiger partial charge on any atom is -0.425 e. The van der Waals surface area contributed by atoms with Gasteiger partial charge in [0.2, 0.25) is 0 Å². The quantitative estimate of drug-likeness (QED) is 0.642. The number of aliphatic hydroxyl groups is 1. The van der Waals surface area contributed by atoms with E-state index >= 15 is 0 Å². The summed E-state index contributed by atoms with van der Waals surface area (Å²) in [5, 5.41) is 9.11. The molecule has 100 valence electrons. The van der Waals surface area contributed by atoms with Gasteiger partial charge >= 0.3 is 5.97 Å². The van der Waals surface area contributed by atoms with Gasteiger partial charge in [0.1, 0.15) is 11.9 Å². The average molecular weight is 252 g/mol. The smallest absolute Gasteiger partial charge is 0.340 e. The summed E-state index contributed by atoms with van der Waals surface area (Å²) >= 11 is 0. The van der Waals surface area contributed by atoms with Crippen LogP contribution in [-0.2, 0) is 4.79 Å². The van der Waals surface area contributed by atoms with Crippen LogP contribution >= 0.6 is 0 Å². The minimum absolute atomic E-state index is 0.426. The molecule has 0 aliphatic rings. The van der Waals surface area contributed by atoms with Crippen molar-refractivity contribution >= 4 is 17.3 Å². The van der Waals surface area contributed by atoms with Gasteiger partial charge < -0.3 is 19.6 Å². The Kier molecular flexibility index (Phi) is 4.55. The van der Waals surface area contributed by atoms with Crippen molar-refractivity contribution in [1.29, 1.82) is 0 Å². The van der Waals surface area contributed by atoms with Crippen LogP contribution in [0.1, 0.15) is 6.92 Å².